The fraction of sp³-hybridized carbons (Fsp3) is 0.929. The van der Waals surface area contributed by atoms with Crippen LogP contribution in [0.2, 0.25) is 0 Å². The molecule has 3 aliphatic heterocycles. The fourth-order valence-electron chi connectivity index (χ4n) is 3.87. The van der Waals surface area contributed by atoms with Crippen LogP contribution in [0.4, 0.5) is 0 Å². The van der Waals surface area contributed by atoms with Gasteiger partial charge < -0.3 is 10.6 Å². The molecule has 1 amide bonds. The second-order valence-electron chi connectivity index (χ2n) is 6.24. The first-order chi connectivity index (χ1) is 8.75. The molecule has 0 aromatic heterocycles. The Balaban J connectivity index is 1.57. The minimum atomic E-state index is 0.183. The third-order valence-electron chi connectivity index (χ3n) is 5.04. The molecule has 0 aliphatic carbocycles. The highest BCUT2D eigenvalue weighted by molar-refractivity contribution is 5.80. The van der Waals surface area contributed by atoms with Crippen LogP contribution in [0, 0.1) is 11.8 Å². The van der Waals surface area contributed by atoms with Gasteiger partial charge in [-0.15, -0.1) is 0 Å². The van der Waals surface area contributed by atoms with Crippen molar-refractivity contribution in [3.8, 4) is 0 Å². The van der Waals surface area contributed by atoms with Crippen molar-refractivity contribution < 1.29 is 4.79 Å². The fourth-order valence-corrected chi connectivity index (χ4v) is 3.87. The van der Waals surface area contributed by atoms with Crippen LogP contribution in [0.5, 0.6) is 0 Å². The summed E-state index contributed by atoms with van der Waals surface area (Å²) >= 11 is 0. The first-order valence-electron chi connectivity index (χ1n) is 7.51. The first kappa shape index (κ1) is 12.4. The van der Waals surface area contributed by atoms with Crippen LogP contribution in [0.25, 0.3) is 0 Å². The molecular weight excluding hydrogens is 226 g/mol. The van der Waals surface area contributed by atoms with E-state index in [2.05, 4.69) is 22.5 Å². The smallest absolute Gasteiger partial charge is 0.224 e. The van der Waals surface area contributed by atoms with Gasteiger partial charge >= 0.3 is 0 Å². The second kappa shape index (κ2) is 5.17. The van der Waals surface area contributed by atoms with Crippen molar-refractivity contribution in [2.45, 2.75) is 44.7 Å². The Bertz CT molecular complexity index is 320. The zero-order valence-electron chi connectivity index (χ0n) is 11.3. The largest absolute Gasteiger partial charge is 0.351 e. The lowest BCUT2D eigenvalue weighted by molar-refractivity contribution is -0.126. The highest BCUT2D eigenvalue weighted by Gasteiger charge is 2.38. The van der Waals surface area contributed by atoms with Crippen molar-refractivity contribution >= 4 is 5.91 Å². The van der Waals surface area contributed by atoms with Gasteiger partial charge in [0, 0.05) is 25.2 Å². The summed E-state index contributed by atoms with van der Waals surface area (Å²) in [5.41, 5.74) is 0. The number of fused-ring (bicyclic) bond motifs is 1. The molecule has 0 spiro atoms. The van der Waals surface area contributed by atoms with E-state index >= 15 is 0 Å². The molecule has 0 saturated carbocycles. The van der Waals surface area contributed by atoms with Gasteiger partial charge in [0.2, 0.25) is 5.91 Å². The van der Waals surface area contributed by atoms with Crippen molar-refractivity contribution in [2.75, 3.05) is 26.2 Å². The van der Waals surface area contributed by atoms with Gasteiger partial charge in [0.25, 0.3) is 0 Å². The summed E-state index contributed by atoms with van der Waals surface area (Å²) in [6.07, 6.45) is 5.07. The van der Waals surface area contributed by atoms with Gasteiger partial charge in [0.05, 0.1) is 5.92 Å². The maximum atomic E-state index is 12.3. The molecule has 2 unspecified atom stereocenters. The van der Waals surface area contributed by atoms with Gasteiger partial charge in [-0.3, -0.25) is 9.69 Å². The van der Waals surface area contributed by atoms with Gasteiger partial charge in [0.15, 0.2) is 0 Å². The minimum absolute atomic E-state index is 0.183. The Morgan fingerprint density at radius 3 is 2.89 bits per heavy atom. The average Bonchev–Trinajstić information content (AvgIpc) is 2.97. The molecule has 4 nitrogen and oxygen atoms in total. The zero-order valence-corrected chi connectivity index (χ0v) is 11.3. The predicted molar refractivity (Wildman–Crippen MR) is 71.3 cm³/mol. The van der Waals surface area contributed by atoms with Gasteiger partial charge in [-0.05, 0) is 38.3 Å². The third-order valence-corrected chi connectivity index (χ3v) is 5.04. The monoisotopic (exact) mass is 251 g/mol. The molecule has 3 heterocycles. The van der Waals surface area contributed by atoms with Crippen molar-refractivity contribution in [3.05, 3.63) is 0 Å². The number of carbonyl (C=O) groups is 1. The summed E-state index contributed by atoms with van der Waals surface area (Å²) in [6, 6.07) is 1.03. The Morgan fingerprint density at radius 1 is 1.22 bits per heavy atom. The quantitative estimate of drug-likeness (QED) is 0.755. The lowest BCUT2D eigenvalue weighted by atomic mass is 9.95. The van der Waals surface area contributed by atoms with Gasteiger partial charge in [-0.1, -0.05) is 13.3 Å². The van der Waals surface area contributed by atoms with Crippen LogP contribution in [-0.2, 0) is 4.79 Å². The molecule has 2 N–H and O–H groups in total. The SMILES string of the molecule is C[C@@H]1CNC[C@H]1C(=O)NC1CCN2CCCCC12. The van der Waals surface area contributed by atoms with Crippen LogP contribution in [-0.4, -0.2) is 49.1 Å². The molecule has 3 fully saturated rings. The van der Waals surface area contributed by atoms with Crippen LogP contribution in [0.15, 0.2) is 0 Å². The normalized spacial score (nSPS) is 40.7. The van der Waals surface area contributed by atoms with E-state index in [1.54, 1.807) is 0 Å². The summed E-state index contributed by atoms with van der Waals surface area (Å²) in [5, 5.41) is 6.64. The number of amides is 1. The molecule has 3 rings (SSSR count). The van der Waals surface area contributed by atoms with E-state index in [9.17, 15) is 4.79 Å². The van der Waals surface area contributed by atoms with Crippen molar-refractivity contribution in [3.63, 3.8) is 0 Å². The Hall–Kier alpha value is -0.610. The topological polar surface area (TPSA) is 44.4 Å². The summed E-state index contributed by atoms with van der Waals surface area (Å²) < 4.78 is 0. The lowest BCUT2D eigenvalue weighted by Gasteiger charge is -2.33. The van der Waals surface area contributed by atoms with E-state index < -0.39 is 0 Å². The zero-order chi connectivity index (χ0) is 12.5. The number of hydrogen-bond acceptors (Lipinski definition) is 3. The predicted octanol–water partition coefficient (Wildman–Crippen LogP) is 0.585. The molecule has 0 bridgehead atoms. The number of hydrogen-bond donors (Lipinski definition) is 2. The first-order valence-corrected chi connectivity index (χ1v) is 7.51. The average molecular weight is 251 g/mol. The number of rotatable bonds is 2. The minimum Gasteiger partial charge on any atom is -0.351 e. The summed E-state index contributed by atoms with van der Waals surface area (Å²) in [7, 11) is 0. The van der Waals surface area contributed by atoms with E-state index in [0.29, 0.717) is 18.0 Å². The molecule has 18 heavy (non-hydrogen) atoms. The number of carbonyl (C=O) groups excluding carboxylic acids is 1. The van der Waals surface area contributed by atoms with Crippen LogP contribution in [0.1, 0.15) is 32.6 Å². The Labute approximate surface area is 109 Å². The molecule has 0 aromatic rings. The van der Waals surface area contributed by atoms with E-state index in [0.717, 1.165) is 19.5 Å². The summed E-state index contributed by atoms with van der Waals surface area (Å²) in [5.74, 6) is 0.946. The van der Waals surface area contributed by atoms with E-state index in [-0.39, 0.29) is 11.8 Å². The maximum absolute atomic E-state index is 12.3. The number of nitrogens with one attached hydrogen (secondary N) is 2. The van der Waals surface area contributed by atoms with Gasteiger partial charge in [-0.2, -0.15) is 0 Å². The Morgan fingerprint density at radius 2 is 2.11 bits per heavy atom. The van der Waals surface area contributed by atoms with E-state index in [1.165, 1.54) is 32.4 Å². The molecule has 4 atom stereocenters. The standard InChI is InChI=1S/C14H25N3O/c1-10-8-15-9-11(10)14(18)16-12-5-7-17-6-3-2-4-13(12)17/h10-13,15H,2-9H2,1H3,(H,16,18)/t10-,11-,12?,13?/m1/s1. The summed E-state index contributed by atoms with van der Waals surface area (Å²) in [6.45, 7) is 6.42. The van der Waals surface area contributed by atoms with Crippen molar-refractivity contribution in [1.82, 2.24) is 15.5 Å². The van der Waals surface area contributed by atoms with Crippen molar-refractivity contribution in [1.29, 1.82) is 0 Å². The van der Waals surface area contributed by atoms with Gasteiger partial charge in [-0.25, -0.2) is 0 Å². The molecule has 0 radical (unpaired) electrons. The van der Waals surface area contributed by atoms with Crippen molar-refractivity contribution in [2.24, 2.45) is 11.8 Å². The number of nitrogens with zero attached hydrogens (tertiary/aromatic N) is 1. The van der Waals surface area contributed by atoms with Gasteiger partial charge in [0.1, 0.15) is 0 Å². The summed E-state index contributed by atoms with van der Waals surface area (Å²) in [4.78, 5) is 14.9. The second-order valence-corrected chi connectivity index (χ2v) is 6.24. The maximum Gasteiger partial charge on any atom is 0.224 e. The Kier molecular flexibility index (Phi) is 3.57. The lowest BCUT2D eigenvalue weighted by Crippen LogP contribution is -2.49. The molecular formula is C14H25N3O. The molecule has 4 heteroatoms. The highest BCUT2D eigenvalue weighted by Crippen LogP contribution is 2.27. The van der Waals surface area contributed by atoms with Crippen LogP contribution < -0.4 is 10.6 Å². The highest BCUT2D eigenvalue weighted by atomic mass is 16.2. The molecule has 3 aliphatic rings. The van der Waals surface area contributed by atoms with E-state index in [1.807, 2.05) is 0 Å². The van der Waals surface area contributed by atoms with Crippen LogP contribution in [0.3, 0.4) is 0 Å². The molecule has 0 aromatic carbocycles. The third kappa shape index (κ3) is 2.28. The molecule has 3 saturated heterocycles. The van der Waals surface area contributed by atoms with E-state index in [4.69, 9.17) is 0 Å². The number of piperidine rings is 1. The van der Waals surface area contributed by atoms with Crippen LogP contribution >= 0.6 is 0 Å². The molecule has 102 valence electrons.